The van der Waals surface area contributed by atoms with Gasteiger partial charge in [0.1, 0.15) is 28.3 Å². The molecule has 0 atom stereocenters. The molecular weight excluding hydrogens is 721 g/mol. The number of hydrogen-bond acceptors (Lipinski definition) is 13. The third-order valence-electron chi connectivity index (χ3n) is 8.14. The fraction of sp³-hybridized carbons (Fsp3) is 0.0588. The SMILES string of the molecule is O=C1C(c2ccc(O)cc2)=c2c(c(-c3ccc(O)cc3)c(O)c3c2=c2cccc(OS(=O)(=O)[O-])c2=N3)N1CCc1ccc(OS(=O)(=O)[O-])cc1.[NH4+].[NH4+]. The summed E-state index contributed by atoms with van der Waals surface area (Å²) in [5.41, 5.74) is 1.94. The van der Waals surface area contributed by atoms with Gasteiger partial charge in [-0.15, -0.1) is 0 Å². The predicted molar refractivity (Wildman–Crippen MR) is 185 cm³/mol. The van der Waals surface area contributed by atoms with E-state index in [1.165, 1.54) is 89.8 Å². The van der Waals surface area contributed by atoms with Gasteiger partial charge in [0.2, 0.25) is 0 Å². The standard InChI is InChI=1S/C34H24N2O12S2.2H3N/c37-21-10-6-19(7-11-21)26-29-28-24-2-1-3-25(48-50(44,45)46)30(24)35-31(28)33(39)27(20-8-12-22(38)13-9-20)32(29)36(34(26)40)17-16-18-4-14-23(15-5-18)47-49(41,42)43;;/h1-15,37-39H,16-17H2,(H,41,42,43)(H,44,45,46);2*1H3. The Morgan fingerprint density at radius 2 is 1.29 bits per heavy atom. The summed E-state index contributed by atoms with van der Waals surface area (Å²) in [5, 5.41) is 32.8. The molecule has 2 aliphatic rings. The van der Waals surface area contributed by atoms with Crippen LogP contribution in [0.1, 0.15) is 11.1 Å². The van der Waals surface area contributed by atoms with Crippen LogP contribution in [0.3, 0.4) is 0 Å². The Morgan fingerprint density at radius 1 is 0.712 bits per heavy atom. The molecule has 0 saturated heterocycles. The van der Waals surface area contributed by atoms with E-state index in [9.17, 15) is 46.1 Å². The Labute approximate surface area is 295 Å². The lowest BCUT2D eigenvalue weighted by Crippen LogP contribution is -2.31. The van der Waals surface area contributed by atoms with Crippen LogP contribution in [0.15, 0.2) is 96.0 Å². The van der Waals surface area contributed by atoms with Gasteiger partial charge in [-0.25, -0.2) is 21.8 Å². The number of aromatic hydroxyl groups is 3. The average molecular weight is 751 g/mol. The third-order valence-corrected chi connectivity index (χ3v) is 8.92. The number of phenols is 3. The Kier molecular flexibility index (Phi) is 9.74. The number of anilines is 1. The predicted octanol–water partition coefficient (Wildman–Crippen LogP) is 3.24. The number of benzene rings is 5. The van der Waals surface area contributed by atoms with Gasteiger partial charge in [-0.2, -0.15) is 0 Å². The zero-order valence-corrected chi connectivity index (χ0v) is 28.9. The number of fused-ring (bicyclic) bond motifs is 4. The van der Waals surface area contributed by atoms with Gasteiger partial charge in [-0.3, -0.25) is 4.79 Å². The number of carbonyl (C=O) groups excluding carboxylic acids is 1. The Balaban J connectivity index is 0.00000261. The van der Waals surface area contributed by atoms with Crippen LogP contribution in [0.5, 0.6) is 28.7 Å². The molecule has 11 N–H and O–H groups in total. The van der Waals surface area contributed by atoms with Crippen LogP contribution in [0.4, 0.5) is 11.4 Å². The minimum absolute atomic E-state index is 0. The number of phenolic OH excluding ortho intramolecular Hbond substituents is 3. The second-order valence-electron chi connectivity index (χ2n) is 11.2. The van der Waals surface area contributed by atoms with Gasteiger partial charge in [-0.05, 0) is 65.6 Å². The molecule has 0 saturated carbocycles. The number of para-hydroxylation sites is 1. The Hall–Kier alpha value is -6.02. The van der Waals surface area contributed by atoms with E-state index in [1.54, 1.807) is 6.07 Å². The summed E-state index contributed by atoms with van der Waals surface area (Å²) in [4.78, 5) is 20.6. The molecule has 0 unspecified atom stereocenters. The first-order valence-electron chi connectivity index (χ1n) is 14.6. The van der Waals surface area contributed by atoms with Gasteiger partial charge in [0.05, 0.1) is 16.8 Å². The van der Waals surface area contributed by atoms with Crippen LogP contribution in [0.25, 0.3) is 16.7 Å². The van der Waals surface area contributed by atoms with Crippen molar-refractivity contribution in [3.8, 4) is 39.9 Å². The molecule has 0 aliphatic carbocycles. The van der Waals surface area contributed by atoms with Crippen LogP contribution in [-0.4, -0.2) is 53.7 Å². The quantitative estimate of drug-likeness (QED) is 0.105. The number of hydrogen-bond donors (Lipinski definition) is 5. The van der Waals surface area contributed by atoms with E-state index in [0.29, 0.717) is 21.9 Å². The van der Waals surface area contributed by atoms with Crippen LogP contribution in [-0.2, 0) is 32.0 Å². The van der Waals surface area contributed by atoms with Gasteiger partial charge in [0, 0.05) is 22.2 Å². The van der Waals surface area contributed by atoms with E-state index in [1.807, 2.05) is 0 Å². The molecule has 18 heteroatoms. The summed E-state index contributed by atoms with van der Waals surface area (Å²) in [6.45, 7) is 0.0123. The molecule has 0 aromatic heterocycles. The van der Waals surface area contributed by atoms with Crippen molar-refractivity contribution in [3.63, 3.8) is 0 Å². The summed E-state index contributed by atoms with van der Waals surface area (Å²) >= 11 is 0. The number of quaternary nitrogens is 2. The van der Waals surface area contributed by atoms with Gasteiger partial charge in [-0.1, -0.05) is 48.5 Å². The highest BCUT2D eigenvalue weighted by Crippen LogP contribution is 2.46. The zero-order chi connectivity index (χ0) is 35.5. The highest BCUT2D eigenvalue weighted by molar-refractivity contribution is 7.81. The van der Waals surface area contributed by atoms with Gasteiger partial charge >= 0.3 is 0 Å². The molecule has 16 nitrogen and oxygen atoms in total. The molecule has 270 valence electrons. The number of nitrogens with zero attached hydrogens (tertiary/aromatic N) is 2. The van der Waals surface area contributed by atoms with Gasteiger partial charge in [0.15, 0.2) is 11.5 Å². The van der Waals surface area contributed by atoms with Gasteiger partial charge < -0.3 is 50.0 Å². The number of rotatable bonds is 9. The molecule has 7 rings (SSSR count). The molecule has 0 bridgehead atoms. The van der Waals surface area contributed by atoms with Gasteiger partial charge in [0.25, 0.3) is 26.7 Å². The molecule has 2 aliphatic heterocycles. The lowest BCUT2D eigenvalue weighted by atomic mass is 9.95. The smallest absolute Gasteiger partial charge is 0.262 e. The topological polar surface area (TPSA) is 299 Å². The minimum atomic E-state index is -5.22. The van der Waals surface area contributed by atoms with Crippen molar-refractivity contribution in [1.82, 2.24) is 12.3 Å². The van der Waals surface area contributed by atoms with Crippen LogP contribution >= 0.6 is 0 Å². The van der Waals surface area contributed by atoms with E-state index >= 15 is 0 Å². The largest absolute Gasteiger partial charge is 0.716 e. The molecule has 1 amide bonds. The normalized spacial score (nSPS) is 12.9. The summed E-state index contributed by atoms with van der Waals surface area (Å²) in [7, 11) is -10.2. The highest BCUT2D eigenvalue weighted by atomic mass is 32.3. The van der Waals surface area contributed by atoms with Crippen molar-refractivity contribution in [2.45, 2.75) is 6.42 Å². The summed E-state index contributed by atoms with van der Waals surface area (Å²) in [6.07, 6.45) is 0.200. The molecule has 0 radical (unpaired) electrons. The molecule has 2 heterocycles. The van der Waals surface area contributed by atoms with E-state index in [-0.39, 0.29) is 86.6 Å². The van der Waals surface area contributed by atoms with Crippen molar-refractivity contribution in [2.24, 2.45) is 4.99 Å². The minimum Gasteiger partial charge on any atom is -0.716 e. The third kappa shape index (κ3) is 6.84. The van der Waals surface area contributed by atoms with Crippen LogP contribution in [0, 0.1) is 10.4 Å². The molecule has 5 aromatic carbocycles. The summed E-state index contributed by atoms with van der Waals surface area (Å²) in [6, 6.07) is 21.6. The second-order valence-corrected chi connectivity index (χ2v) is 13.2. The summed E-state index contributed by atoms with van der Waals surface area (Å²) < 4.78 is 76.9. The molecule has 0 fully saturated rings. The Morgan fingerprint density at radius 3 is 1.87 bits per heavy atom. The average Bonchev–Trinajstić information content (AvgIpc) is 3.57. The summed E-state index contributed by atoms with van der Waals surface area (Å²) in [5.74, 6) is -1.60. The highest BCUT2D eigenvalue weighted by Gasteiger charge is 2.37. The molecule has 5 aromatic rings. The zero-order valence-electron chi connectivity index (χ0n) is 27.3. The van der Waals surface area contributed by atoms with E-state index in [4.69, 9.17) is 4.18 Å². The van der Waals surface area contributed by atoms with Crippen LogP contribution in [0.2, 0.25) is 0 Å². The van der Waals surface area contributed by atoms with E-state index < -0.39 is 32.5 Å². The van der Waals surface area contributed by atoms with E-state index in [2.05, 4.69) is 9.18 Å². The van der Waals surface area contributed by atoms with Crippen molar-refractivity contribution in [3.05, 3.63) is 123 Å². The van der Waals surface area contributed by atoms with Crippen LogP contribution < -0.4 is 36.1 Å². The first-order valence-corrected chi connectivity index (χ1v) is 17.3. The van der Waals surface area contributed by atoms with Crippen molar-refractivity contribution in [1.29, 1.82) is 0 Å². The van der Waals surface area contributed by atoms with Crippen molar-refractivity contribution < 1.29 is 54.4 Å². The lowest BCUT2D eigenvalue weighted by Gasteiger charge is -2.23. The Bertz CT molecular complexity index is 2690. The fourth-order valence-electron chi connectivity index (χ4n) is 6.15. The molecule has 0 spiro atoms. The first-order chi connectivity index (χ1) is 23.7. The maximum Gasteiger partial charge on any atom is 0.262 e. The number of amides is 1. The molecule has 52 heavy (non-hydrogen) atoms. The monoisotopic (exact) mass is 750 g/mol. The second kappa shape index (κ2) is 13.6. The van der Waals surface area contributed by atoms with E-state index in [0.717, 1.165) is 0 Å². The molecular formula is C34H30N4O12S2. The van der Waals surface area contributed by atoms with Crippen molar-refractivity contribution >= 4 is 43.7 Å². The maximum atomic E-state index is 14.6. The maximum absolute atomic E-state index is 14.6. The number of carbonyl (C=O) groups is 1. The first kappa shape index (κ1) is 37.2. The lowest BCUT2D eigenvalue weighted by molar-refractivity contribution is -0.113. The van der Waals surface area contributed by atoms with Crippen molar-refractivity contribution in [2.75, 3.05) is 11.4 Å². The fourth-order valence-corrected chi connectivity index (χ4v) is 6.85.